The summed E-state index contributed by atoms with van der Waals surface area (Å²) in [5.41, 5.74) is 0.475. The summed E-state index contributed by atoms with van der Waals surface area (Å²) in [6.07, 6.45) is 2.63. The van der Waals surface area contributed by atoms with E-state index < -0.39 is 0 Å². The molecule has 2 atom stereocenters. The molecule has 16 heavy (non-hydrogen) atoms. The van der Waals surface area contributed by atoms with E-state index >= 15 is 0 Å². The molecular formula is C12H16ClNO2. The topological polar surface area (TPSA) is 33.5 Å². The van der Waals surface area contributed by atoms with Crippen molar-refractivity contribution in [2.45, 2.75) is 20.3 Å². The van der Waals surface area contributed by atoms with Gasteiger partial charge in [0.05, 0.1) is 11.8 Å². The fourth-order valence-electron chi connectivity index (χ4n) is 2.45. The number of halogens is 1. The van der Waals surface area contributed by atoms with Crippen molar-refractivity contribution in [2.24, 2.45) is 11.8 Å². The Hall–Kier alpha value is -0.960. The molecule has 2 unspecified atom stereocenters. The van der Waals surface area contributed by atoms with Crippen LogP contribution in [0.15, 0.2) is 16.7 Å². The van der Waals surface area contributed by atoms with E-state index in [0.717, 1.165) is 13.1 Å². The van der Waals surface area contributed by atoms with E-state index in [1.54, 1.807) is 6.07 Å². The minimum Gasteiger partial charge on any atom is -0.452 e. The molecule has 0 N–H and O–H groups in total. The first-order chi connectivity index (χ1) is 7.58. The van der Waals surface area contributed by atoms with E-state index in [9.17, 15) is 4.79 Å². The van der Waals surface area contributed by atoms with Gasteiger partial charge in [0.15, 0.2) is 0 Å². The van der Waals surface area contributed by atoms with Crippen LogP contribution in [0.5, 0.6) is 0 Å². The van der Waals surface area contributed by atoms with Crippen molar-refractivity contribution in [1.29, 1.82) is 0 Å². The lowest BCUT2D eigenvalue weighted by Crippen LogP contribution is -2.42. The Morgan fingerprint density at radius 2 is 2.06 bits per heavy atom. The second-order valence-electron chi connectivity index (χ2n) is 4.76. The molecule has 88 valence electrons. The van der Waals surface area contributed by atoms with E-state index in [2.05, 4.69) is 13.8 Å². The van der Waals surface area contributed by atoms with Crippen molar-refractivity contribution in [3.8, 4) is 0 Å². The SMILES string of the molecule is CC1CC(C)CN(C(=O)c2ccoc2Cl)C1. The number of carbonyl (C=O) groups excluding carboxylic acids is 1. The number of likely N-dealkylation sites (tertiary alicyclic amines) is 1. The van der Waals surface area contributed by atoms with Gasteiger partial charge in [-0.15, -0.1) is 0 Å². The number of piperidine rings is 1. The molecule has 4 heteroatoms. The normalized spacial score (nSPS) is 25.8. The first-order valence-electron chi connectivity index (χ1n) is 5.60. The van der Waals surface area contributed by atoms with Crippen LogP contribution in [0.2, 0.25) is 5.22 Å². The fraction of sp³-hybridized carbons (Fsp3) is 0.583. The van der Waals surface area contributed by atoms with Crippen LogP contribution in [0.3, 0.4) is 0 Å². The number of carbonyl (C=O) groups is 1. The summed E-state index contributed by atoms with van der Waals surface area (Å²) < 4.78 is 4.95. The predicted octanol–water partition coefficient (Wildman–Crippen LogP) is 3.05. The Balaban J connectivity index is 2.13. The van der Waals surface area contributed by atoms with Crippen molar-refractivity contribution in [3.05, 3.63) is 23.1 Å². The molecule has 1 aromatic heterocycles. The molecule has 0 bridgehead atoms. The molecule has 2 rings (SSSR count). The van der Waals surface area contributed by atoms with Crippen LogP contribution in [0.25, 0.3) is 0 Å². The second kappa shape index (κ2) is 4.50. The van der Waals surface area contributed by atoms with E-state index in [0.29, 0.717) is 17.4 Å². The van der Waals surface area contributed by atoms with E-state index in [-0.39, 0.29) is 11.1 Å². The van der Waals surface area contributed by atoms with Crippen LogP contribution in [-0.4, -0.2) is 23.9 Å². The summed E-state index contributed by atoms with van der Waals surface area (Å²) in [4.78, 5) is 14.0. The molecule has 0 radical (unpaired) electrons. The molecule has 1 aliphatic rings. The van der Waals surface area contributed by atoms with Crippen LogP contribution in [0.4, 0.5) is 0 Å². The molecule has 0 saturated carbocycles. The van der Waals surface area contributed by atoms with Gasteiger partial charge in [-0.25, -0.2) is 0 Å². The third kappa shape index (κ3) is 2.24. The van der Waals surface area contributed by atoms with Crippen LogP contribution in [0.1, 0.15) is 30.6 Å². The molecule has 3 nitrogen and oxygen atoms in total. The first-order valence-corrected chi connectivity index (χ1v) is 5.98. The second-order valence-corrected chi connectivity index (χ2v) is 5.11. The Labute approximate surface area is 100 Å². The summed E-state index contributed by atoms with van der Waals surface area (Å²) in [5, 5.41) is 0.191. The Morgan fingerprint density at radius 1 is 1.44 bits per heavy atom. The summed E-state index contributed by atoms with van der Waals surface area (Å²) in [7, 11) is 0. The van der Waals surface area contributed by atoms with Crippen LogP contribution in [-0.2, 0) is 0 Å². The van der Waals surface area contributed by atoms with Gasteiger partial charge >= 0.3 is 0 Å². The highest BCUT2D eigenvalue weighted by atomic mass is 35.5. The maximum absolute atomic E-state index is 12.2. The molecule has 1 saturated heterocycles. The van der Waals surface area contributed by atoms with E-state index in [4.69, 9.17) is 16.0 Å². The number of rotatable bonds is 1. The number of amides is 1. The smallest absolute Gasteiger partial charge is 0.258 e. The maximum Gasteiger partial charge on any atom is 0.258 e. The third-order valence-electron chi connectivity index (χ3n) is 3.00. The van der Waals surface area contributed by atoms with Crippen molar-refractivity contribution in [2.75, 3.05) is 13.1 Å². The summed E-state index contributed by atoms with van der Waals surface area (Å²) in [6, 6.07) is 1.63. The standard InChI is InChI=1S/C12H16ClNO2/c1-8-5-9(2)7-14(6-8)12(15)10-3-4-16-11(10)13/h3-4,8-9H,5-7H2,1-2H3. The Kier molecular flexibility index (Phi) is 3.24. The summed E-state index contributed by atoms with van der Waals surface area (Å²) in [6.45, 7) is 5.97. The molecule has 1 fully saturated rings. The van der Waals surface area contributed by atoms with Gasteiger partial charge in [0.1, 0.15) is 0 Å². The van der Waals surface area contributed by atoms with Crippen LogP contribution in [0, 0.1) is 11.8 Å². The molecule has 0 spiro atoms. The fourth-order valence-corrected chi connectivity index (χ4v) is 2.64. The molecule has 0 aliphatic carbocycles. The maximum atomic E-state index is 12.2. The van der Waals surface area contributed by atoms with Crippen molar-refractivity contribution in [1.82, 2.24) is 4.90 Å². The summed E-state index contributed by atoms with van der Waals surface area (Å²) in [5.74, 6) is 1.09. The van der Waals surface area contributed by atoms with Crippen LogP contribution >= 0.6 is 11.6 Å². The molecule has 1 aromatic rings. The van der Waals surface area contributed by atoms with Gasteiger partial charge in [-0.2, -0.15) is 0 Å². The first kappa shape index (κ1) is 11.5. The van der Waals surface area contributed by atoms with Crippen molar-refractivity contribution in [3.63, 3.8) is 0 Å². The number of hydrogen-bond donors (Lipinski definition) is 0. The Bertz CT molecular complexity index is 378. The molecule has 1 amide bonds. The monoisotopic (exact) mass is 241 g/mol. The third-order valence-corrected chi connectivity index (χ3v) is 3.30. The highest BCUT2D eigenvalue weighted by Gasteiger charge is 2.27. The lowest BCUT2D eigenvalue weighted by Gasteiger charge is -2.34. The van der Waals surface area contributed by atoms with Gasteiger partial charge in [0, 0.05) is 13.1 Å². The zero-order chi connectivity index (χ0) is 11.7. The number of furan rings is 1. The van der Waals surface area contributed by atoms with E-state index in [1.807, 2.05) is 4.90 Å². The minimum absolute atomic E-state index is 0.0165. The minimum atomic E-state index is -0.0165. The van der Waals surface area contributed by atoms with Crippen LogP contribution < -0.4 is 0 Å². The number of hydrogen-bond acceptors (Lipinski definition) is 2. The summed E-state index contributed by atoms with van der Waals surface area (Å²) >= 11 is 5.81. The highest BCUT2D eigenvalue weighted by Crippen LogP contribution is 2.25. The molecule has 1 aliphatic heterocycles. The number of nitrogens with zero attached hydrogens (tertiary/aromatic N) is 1. The van der Waals surface area contributed by atoms with Gasteiger partial charge in [0.25, 0.3) is 5.91 Å². The zero-order valence-corrected chi connectivity index (χ0v) is 10.3. The lowest BCUT2D eigenvalue weighted by atomic mass is 9.91. The van der Waals surface area contributed by atoms with Gasteiger partial charge in [0.2, 0.25) is 5.22 Å². The molecular weight excluding hydrogens is 226 g/mol. The predicted molar refractivity (Wildman–Crippen MR) is 62.6 cm³/mol. The molecule has 2 heterocycles. The zero-order valence-electron chi connectivity index (χ0n) is 9.57. The van der Waals surface area contributed by atoms with E-state index in [1.165, 1.54) is 12.7 Å². The quantitative estimate of drug-likeness (QED) is 0.757. The molecule has 0 aromatic carbocycles. The highest BCUT2D eigenvalue weighted by molar-refractivity contribution is 6.32. The van der Waals surface area contributed by atoms with Crippen molar-refractivity contribution < 1.29 is 9.21 Å². The largest absolute Gasteiger partial charge is 0.452 e. The van der Waals surface area contributed by atoms with Gasteiger partial charge in [-0.3, -0.25) is 4.79 Å². The lowest BCUT2D eigenvalue weighted by molar-refractivity contribution is 0.0622. The average molecular weight is 242 g/mol. The average Bonchev–Trinajstić information content (AvgIpc) is 2.62. The van der Waals surface area contributed by atoms with Gasteiger partial charge in [-0.05, 0) is 35.9 Å². The Morgan fingerprint density at radius 3 is 2.56 bits per heavy atom. The van der Waals surface area contributed by atoms with Gasteiger partial charge in [-0.1, -0.05) is 13.8 Å². The van der Waals surface area contributed by atoms with Gasteiger partial charge < -0.3 is 9.32 Å². The van der Waals surface area contributed by atoms with Crippen molar-refractivity contribution >= 4 is 17.5 Å².